The molecule has 0 aliphatic heterocycles. The van der Waals surface area contributed by atoms with E-state index in [2.05, 4.69) is 5.32 Å². The second-order valence-corrected chi connectivity index (χ2v) is 4.25. The Kier molecular flexibility index (Phi) is 5.32. The number of nitrogens with two attached hydrogens (primary N) is 1. The summed E-state index contributed by atoms with van der Waals surface area (Å²) in [6, 6.07) is 7.01. The van der Waals surface area contributed by atoms with E-state index >= 15 is 0 Å². The van der Waals surface area contributed by atoms with Crippen molar-refractivity contribution in [2.45, 2.75) is 32.4 Å². The Morgan fingerprint density at radius 3 is 2.78 bits per heavy atom. The summed E-state index contributed by atoms with van der Waals surface area (Å²) < 4.78 is 0. The topological polar surface area (TPSA) is 92.4 Å². The molecule has 98 valence electrons. The summed E-state index contributed by atoms with van der Waals surface area (Å²) in [6.45, 7) is 2.38. The maximum atomic E-state index is 11.6. The van der Waals surface area contributed by atoms with Crippen molar-refractivity contribution in [1.29, 1.82) is 0 Å². The molecule has 0 radical (unpaired) electrons. The average molecular weight is 250 g/mol. The molecule has 0 aromatic heterocycles. The molecule has 1 rings (SSSR count). The number of benzene rings is 1. The standard InChI is InChI=1S/C13H18N2O3/c1-9-3-2-4-10(7-9)8-15-13(18)11(14)5-6-12(16)17/h2-4,7,11H,5-6,8,14H2,1H3,(H,15,18)(H,16,17). The Hall–Kier alpha value is -1.88. The van der Waals surface area contributed by atoms with Gasteiger partial charge in [-0.2, -0.15) is 0 Å². The zero-order valence-electron chi connectivity index (χ0n) is 10.3. The number of carbonyl (C=O) groups is 2. The molecule has 0 spiro atoms. The lowest BCUT2D eigenvalue weighted by molar-refractivity contribution is -0.137. The molecule has 0 aliphatic carbocycles. The van der Waals surface area contributed by atoms with Crippen LogP contribution in [0.3, 0.4) is 0 Å². The minimum absolute atomic E-state index is 0.0982. The monoisotopic (exact) mass is 250 g/mol. The molecular weight excluding hydrogens is 232 g/mol. The molecule has 5 heteroatoms. The van der Waals surface area contributed by atoms with E-state index in [1.807, 2.05) is 31.2 Å². The summed E-state index contributed by atoms with van der Waals surface area (Å²) in [4.78, 5) is 21.9. The van der Waals surface area contributed by atoms with Crippen molar-refractivity contribution in [3.8, 4) is 0 Å². The van der Waals surface area contributed by atoms with Crippen LogP contribution in [0.15, 0.2) is 24.3 Å². The second-order valence-electron chi connectivity index (χ2n) is 4.25. The van der Waals surface area contributed by atoms with Gasteiger partial charge in [-0.25, -0.2) is 0 Å². The summed E-state index contributed by atoms with van der Waals surface area (Å²) in [5.74, 6) is -1.27. The summed E-state index contributed by atoms with van der Waals surface area (Å²) in [5.41, 5.74) is 7.70. The van der Waals surface area contributed by atoms with Crippen LogP contribution < -0.4 is 11.1 Å². The van der Waals surface area contributed by atoms with E-state index in [4.69, 9.17) is 10.8 Å². The van der Waals surface area contributed by atoms with E-state index in [-0.39, 0.29) is 18.7 Å². The van der Waals surface area contributed by atoms with E-state index in [1.54, 1.807) is 0 Å². The summed E-state index contributed by atoms with van der Waals surface area (Å²) in [7, 11) is 0. The predicted molar refractivity (Wildman–Crippen MR) is 67.9 cm³/mol. The van der Waals surface area contributed by atoms with Gasteiger partial charge in [-0.3, -0.25) is 9.59 Å². The van der Waals surface area contributed by atoms with E-state index in [9.17, 15) is 9.59 Å². The van der Waals surface area contributed by atoms with Crippen molar-refractivity contribution < 1.29 is 14.7 Å². The molecule has 5 nitrogen and oxygen atoms in total. The molecule has 1 amide bonds. The normalized spacial score (nSPS) is 11.9. The van der Waals surface area contributed by atoms with Gasteiger partial charge < -0.3 is 16.2 Å². The fourth-order valence-electron chi connectivity index (χ4n) is 1.55. The molecule has 1 unspecified atom stereocenters. The highest BCUT2D eigenvalue weighted by Gasteiger charge is 2.14. The zero-order chi connectivity index (χ0) is 13.5. The Labute approximate surface area is 106 Å². The third-order valence-corrected chi connectivity index (χ3v) is 2.56. The number of aliphatic carboxylic acids is 1. The first-order valence-electron chi connectivity index (χ1n) is 5.79. The van der Waals surface area contributed by atoms with Gasteiger partial charge in [0, 0.05) is 13.0 Å². The first kappa shape index (κ1) is 14.2. The van der Waals surface area contributed by atoms with Crippen LogP contribution in [0.1, 0.15) is 24.0 Å². The summed E-state index contributed by atoms with van der Waals surface area (Å²) in [6.07, 6.45) is 0.0496. The maximum Gasteiger partial charge on any atom is 0.303 e. The molecular formula is C13H18N2O3. The van der Waals surface area contributed by atoms with Gasteiger partial charge in [0.1, 0.15) is 0 Å². The van der Waals surface area contributed by atoms with Gasteiger partial charge in [0.05, 0.1) is 6.04 Å². The SMILES string of the molecule is Cc1cccc(CNC(=O)C(N)CCC(=O)O)c1. The molecule has 0 aliphatic rings. The first-order chi connectivity index (χ1) is 8.49. The minimum atomic E-state index is -0.947. The number of amides is 1. The summed E-state index contributed by atoms with van der Waals surface area (Å²) >= 11 is 0. The third kappa shape index (κ3) is 4.97. The van der Waals surface area contributed by atoms with E-state index in [1.165, 1.54) is 0 Å². The van der Waals surface area contributed by atoms with Gasteiger partial charge in [0.15, 0.2) is 0 Å². The van der Waals surface area contributed by atoms with Crippen molar-refractivity contribution in [3.05, 3.63) is 35.4 Å². The number of carboxylic acids is 1. The fraction of sp³-hybridized carbons (Fsp3) is 0.385. The number of carboxylic acid groups (broad SMARTS) is 1. The number of hydrogen-bond donors (Lipinski definition) is 3. The molecule has 1 aromatic carbocycles. The maximum absolute atomic E-state index is 11.6. The molecule has 0 fully saturated rings. The smallest absolute Gasteiger partial charge is 0.303 e. The first-order valence-corrected chi connectivity index (χ1v) is 5.79. The van der Waals surface area contributed by atoms with Gasteiger partial charge in [0.25, 0.3) is 0 Å². The van der Waals surface area contributed by atoms with Crippen LogP contribution in [0.2, 0.25) is 0 Å². The van der Waals surface area contributed by atoms with Crippen molar-refractivity contribution in [3.63, 3.8) is 0 Å². The number of hydrogen-bond acceptors (Lipinski definition) is 3. The lowest BCUT2D eigenvalue weighted by atomic mass is 10.1. The molecule has 1 atom stereocenters. The predicted octanol–water partition coefficient (Wildman–Crippen LogP) is 0.803. The number of aryl methyl sites for hydroxylation is 1. The Morgan fingerprint density at radius 2 is 2.17 bits per heavy atom. The minimum Gasteiger partial charge on any atom is -0.481 e. The highest BCUT2D eigenvalue weighted by atomic mass is 16.4. The fourth-order valence-corrected chi connectivity index (χ4v) is 1.55. The van der Waals surface area contributed by atoms with Crippen molar-refractivity contribution in [1.82, 2.24) is 5.32 Å². The molecule has 0 saturated carbocycles. The number of carbonyl (C=O) groups excluding carboxylic acids is 1. The summed E-state index contributed by atoms with van der Waals surface area (Å²) in [5, 5.41) is 11.2. The number of rotatable bonds is 6. The number of nitrogens with one attached hydrogen (secondary N) is 1. The highest BCUT2D eigenvalue weighted by Crippen LogP contribution is 2.03. The van der Waals surface area contributed by atoms with E-state index < -0.39 is 12.0 Å². The van der Waals surface area contributed by atoms with E-state index in [0.29, 0.717) is 6.54 Å². The molecule has 18 heavy (non-hydrogen) atoms. The second kappa shape index (κ2) is 6.76. The van der Waals surface area contributed by atoms with Crippen LogP contribution >= 0.6 is 0 Å². The highest BCUT2D eigenvalue weighted by molar-refractivity contribution is 5.82. The zero-order valence-corrected chi connectivity index (χ0v) is 10.3. The lowest BCUT2D eigenvalue weighted by Crippen LogP contribution is -2.40. The van der Waals surface area contributed by atoms with Crippen LogP contribution in [0.25, 0.3) is 0 Å². The van der Waals surface area contributed by atoms with Crippen LogP contribution in [0, 0.1) is 6.92 Å². The van der Waals surface area contributed by atoms with Gasteiger partial charge >= 0.3 is 5.97 Å². The largest absolute Gasteiger partial charge is 0.481 e. The Balaban J connectivity index is 2.38. The van der Waals surface area contributed by atoms with Crippen LogP contribution in [-0.4, -0.2) is 23.0 Å². The van der Waals surface area contributed by atoms with Crippen molar-refractivity contribution in [2.24, 2.45) is 5.73 Å². The van der Waals surface area contributed by atoms with Crippen molar-refractivity contribution >= 4 is 11.9 Å². The van der Waals surface area contributed by atoms with Crippen molar-refractivity contribution in [2.75, 3.05) is 0 Å². The molecule has 1 aromatic rings. The van der Waals surface area contributed by atoms with Gasteiger partial charge in [-0.1, -0.05) is 29.8 Å². The van der Waals surface area contributed by atoms with Crippen LogP contribution in [0.4, 0.5) is 0 Å². The molecule has 0 saturated heterocycles. The third-order valence-electron chi connectivity index (χ3n) is 2.56. The van der Waals surface area contributed by atoms with E-state index in [0.717, 1.165) is 11.1 Å². The molecule has 0 bridgehead atoms. The van der Waals surface area contributed by atoms with Gasteiger partial charge in [-0.05, 0) is 18.9 Å². The van der Waals surface area contributed by atoms with Gasteiger partial charge in [0.2, 0.25) is 5.91 Å². The van der Waals surface area contributed by atoms with Gasteiger partial charge in [-0.15, -0.1) is 0 Å². The molecule has 0 heterocycles. The lowest BCUT2D eigenvalue weighted by Gasteiger charge is -2.11. The Morgan fingerprint density at radius 1 is 1.44 bits per heavy atom. The average Bonchev–Trinajstić information content (AvgIpc) is 2.33. The quantitative estimate of drug-likeness (QED) is 0.696. The van der Waals surface area contributed by atoms with Crippen LogP contribution in [0.5, 0.6) is 0 Å². The Bertz CT molecular complexity index is 432. The molecule has 4 N–H and O–H groups in total. The van der Waals surface area contributed by atoms with Crippen LogP contribution in [-0.2, 0) is 16.1 Å².